The van der Waals surface area contributed by atoms with Crippen molar-refractivity contribution < 1.29 is 28.3 Å². The number of esters is 2. The predicted octanol–water partition coefficient (Wildman–Crippen LogP) is 5.45. The molecule has 1 amide bonds. The Morgan fingerprint density at radius 3 is 2.16 bits per heavy atom. The first-order valence-electron chi connectivity index (χ1n) is 12.6. The number of methoxy groups -OCH3 is 2. The van der Waals surface area contributed by atoms with E-state index in [1.54, 1.807) is 4.90 Å². The summed E-state index contributed by atoms with van der Waals surface area (Å²) in [6, 6.07) is 17.0. The zero-order valence-electron chi connectivity index (χ0n) is 23.0. The van der Waals surface area contributed by atoms with Gasteiger partial charge in [0, 0.05) is 18.9 Å². The standard InChI is InChI=1S/C29H39NO6Si/c1-28(2,3)37(6,7)36-23-15-13-22(14-16-23)24(19-26(32)34-4)29(27(33)35-5)18-17-25(31)30(29)20-21-11-9-8-10-12-21/h8-16,24H,17-20H2,1-7H3/t24-,29+/m1/s1. The molecule has 1 saturated heterocycles. The van der Waals surface area contributed by atoms with Crippen LogP contribution >= 0.6 is 0 Å². The Bertz CT molecular complexity index is 1110. The SMILES string of the molecule is COC(=O)C[C@H](c1ccc(O[Si](C)(C)C(C)(C)C)cc1)[C@]1(C(=O)OC)CCC(=O)N1Cc1ccccc1. The zero-order valence-corrected chi connectivity index (χ0v) is 24.0. The van der Waals surface area contributed by atoms with Crippen LogP contribution in [0.2, 0.25) is 18.1 Å². The van der Waals surface area contributed by atoms with Gasteiger partial charge >= 0.3 is 11.9 Å². The van der Waals surface area contributed by atoms with Crippen molar-refractivity contribution >= 4 is 26.2 Å². The minimum Gasteiger partial charge on any atom is -0.544 e. The third-order valence-electron chi connectivity index (χ3n) is 7.86. The monoisotopic (exact) mass is 525 g/mol. The molecule has 1 aliphatic rings. The molecule has 37 heavy (non-hydrogen) atoms. The van der Waals surface area contributed by atoms with Crippen molar-refractivity contribution in [3.05, 3.63) is 65.7 Å². The Labute approximate surface area is 221 Å². The first-order chi connectivity index (χ1) is 17.4. The van der Waals surface area contributed by atoms with Gasteiger partial charge < -0.3 is 18.8 Å². The Morgan fingerprint density at radius 2 is 1.62 bits per heavy atom. The topological polar surface area (TPSA) is 82.1 Å². The van der Waals surface area contributed by atoms with E-state index >= 15 is 0 Å². The highest BCUT2D eigenvalue weighted by molar-refractivity contribution is 6.74. The molecule has 7 nitrogen and oxygen atoms in total. The van der Waals surface area contributed by atoms with Gasteiger partial charge in [0.05, 0.1) is 20.6 Å². The molecule has 1 aliphatic heterocycles. The third-order valence-corrected chi connectivity index (χ3v) is 12.2. The normalized spacial score (nSPS) is 18.9. The number of ether oxygens (including phenoxy) is 2. The van der Waals surface area contributed by atoms with E-state index < -0.39 is 31.7 Å². The van der Waals surface area contributed by atoms with Crippen molar-refractivity contribution in [3.63, 3.8) is 0 Å². The summed E-state index contributed by atoms with van der Waals surface area (Å²) in [5.41, 5.74) is 0.282. The Morgan fingerprint density at radius 1 is 1.00 bits per heavy atom. The number of amides is 1. The minimum absolute atomic E-state index is 0.0379. The summed E-state index contributed by atoms with van der Waals surface area (Å²) in [6.07, 6.45) is 0.355. The highest BCUT2D eigenvalue weighted by Crippen LogP contribution is 2.46. The number of hydrogen-bond acceptors (Lipinski definition) is 6. The van der Waals surface area contributed by atoms with Gasteiger partial charge in [0.1, 0.15) is 11.3 Å². The van der Waals surface area contributed by atoms with Gasteiger partial charge in [0.15, 0.2) is 0 Å². The van der Waals surface area contributed by atoms with Crippen LogP contribution < -0.4 is 4.43 Å². The number of carbonyl (C=O) groups excluding carboxylic acids is 3. The number of nitrogens with zero attached hydrogens (tertiary/aromatic N) is 1. The molecule has 8 heteroatoms. The van der Waals surface area contributed by atoms with E-state index in [0.717, 1.165) is 16.9 Å². The van der Waals surface area contributed by atoms with Crippen LogP contribution in [0.25, 0.3) is 0 Å². The Kier molecular flexibility index (Phi) is 8.52. The summed E-state index contributed by atoms with van der Waals surface area (Å²) in [5, 5.41) is 0.0379. The molecule has 2 atom stereocenters. The number of likely N-dealkylation sites (tertiary alicyclic amines) is 1. The highest BCUT2D eigenvalue weighted by atomic mass is 28.4. The van der Waals surface area contributed by atoms with Gasteiger partial charge in [-0.05, 0) is 47.8 Å². The lowest BCUT2D eigenvalue weighted by Crippen LogP contribution is -2.56. The average Bonchev–Trinajstić information content (AvgIpc) is 3.18. The lowest BCUT2D eigenvalue weighted by molar-refractivity contribution is -0.161. The maximum Gasteiger partial charge on any atom is 0.332 e. The molecule has 0 aromatic heterocycles. The van der Waals surface area contributed by atoms with Crippen molar-refractivity contribution in [2.45, 2.75) is 76.2 Å². The van der Waals surface area contributed by atoms with Crippen molar-refractivity contribution in [1.82, 2.24) is 4.90 Å². The molecule has 1 heterocycles. The molecule has 3 rings (SSSR count). The number of rotatable bonds is 9. The molecular weight excluding hydrogens is 486 g/mol. The van der Waals surface area contributed by atoms with Crippen LogP contribution in [0.3, 0.4) is 0 Å². The van der Waals surface area contributed by atoms with Crippen LogP contribution in [0.4, 0.5) is 0 Å². The maximum atomic E-state index is 13.5. The Balaban J connectivity index is 2.07. The molecule has 2 aromatic carbocycles. The summed E-state index contributed by atoms with van der Waals surface area (Å²) < 4.78 is 16.7. The second kappa shape index (κ2) is 11.1. The van der Waals surface area contributed by atoms with Gasteiger partial charge in [-0.1, -0.05) is 63.2 Å². The molecule has 0 bridgehead atoms. The third kappa shape index (κ3) is 5.90. The van der Waals surface area contributed by atoms with E-state index in [2.05, 4.69) is 33.9 Å². The van der Waals surface area contributed by atoms with E-state index in [0.29, 0.717) is 0 Å². The van der Waals surface area contributed by atoms with Crippen molar-refractivity contribution in [3.8, 4) is 5.75 Å². The first-order valence-corrected chi connectivity index (χ1v) is 15.5. The van der Waals surface area contributed by atoms with Crippen LogP contribution in [0.5, 0.6) is 5.75 Å². The van der Waals surface area contributed by atoms with Crippen LogP contribution in [-0.4, -0.2) is 50.8 Å². The smallest absolute Gasteiger partial charge is 0.332 e. The van der Waals surface area contributed by atoms with E-state index in [1.807, 2.05) is 54.6 Å². The fourth-order valence-corrected chi connectivity index (χ4v) is 5.74. The van der Waals surface area contributed by atoms with E-state index in [1.165, 1.54) is 14.2 Å². The molecule has 0 N–H and O–H groups in total. The summed E-state index contributed by atoms with van der Waals surface area (Å²) in [5.74, 6) is -1.08. The largest absolute Gasteiger partial charge is 0.544 e. The molecular formula is C29H39NO6Si. The maximum absolute atomic E-state index is 13.5. The molecule has 0 spiro atoms. The second-order valence-electron chi connectivity index (χ2n) is 11.1. The minimum atomic E-state index is -2.05. The van der Waals surface area contributed by atoms with Gasteiger partial charge in [-0.25, -0.2) is 4.79 Å². The van der Waals surface area contributed by atoms with Crippen molar-refractivity contribution in [1.29, 1.82) is 0 Å². The lowest BCUT2D eigenvalue weighted by Gasteiger charge is -2.42. The summed E-state index contributed by atoms with van der Waals surface area (Å²) >= 11 is 0. The van der Waals surface area contributed by atoms with Crippen molar-refractivity contribution in [2.75, 3.05) is 14.2 Å². The van der Waals surface area contributed by atoms with Crippen LogP contribution in [0, 0.1) is 0 Å². The molecule has 2 aromatic rings. The van der Waals surface area contributed by atoms with Gasteiger partial charge in [-0.15, -0.1) is 0 Å². The van der Waals surface area contributed by atoms with Gasteiger partial charge in [0.25, 0.3) is 0 Å². The fourth-order valence-electron chi connectivity index (χ4n) is 4.71. The summed E-state index contributed by atoms with van der Waals surface area (Å²) in [6.45, 7) is 11.1. The molecule has 1 fully saturated rings. The lowest BCUT2D eigenvalue weighted by atomic mass is 9.75. The molecule has 0 unspecified atom stereocenters. The van der Waals surface area contributed by atoms with Crippen molar-refractivity contribution in [2.24, 2.45) is 0 Å². The van der Waals surface area contributed by atoms with Gasteiger partial charge in [-0.3, -0.25) is 9.59 Å². The molecule has 0 saturated carbocycles. The Hall–Kier alpha value is -3.13. The second-order valence-corrected chi connectivity index (χ2v) is 15.9. The molecule has 0 aliphatic carbocycles. The number of hydrogen-bond donors (Lipinski definition) is 0. The first kappa shape index (κ1) is 28.4. The summed E-state index contributed by atoms with van der Waals surface area (Å²) in [7, 11) is 0.589. The van der Waals surface area contributed by atoms with Gasteiger partial charge in [-0.2, -0.15) is 0 Å². The molecule has 0 radical (unpaired) electrons. The van der Waals surface area contributed by atoms with Crippen LogP contribution in [0.15, 0.2) is 54.6 Å². The zero-order chi connectivity index (χ0) is 27.4. The van der Waals surface area contributed by atoms with Crippen LogP contribution in [-0.2, 0) is 30.4 Å². The van der Waals surface area contributed by atoms with E-state index in [9.17, 15) is 14.4 Å². The quantitative estimate of drug-likeness (QED) is 0.320. The average molecular weight is 526 g/mol. The molecule has 200 valence electrons. The van der Waals surface area contributed by atoms with Crippen LogP contribution in [0.1, 0.15) is 57.1 Å². The van der Waals surface area contributed by atoms with E-state index in [-0.39, 0.29) is 36.8 Å². The number of carbonyl (C=O) groups is 3. The van der Waals surface area contributed by atoms with Gasteiger partial charge in [0.2, 0.25) is 14.2 Å². The fraction of sp³-hybridized carbons (Fsp3) is 0.483. The predicted molar refractivity (Wildman–Crippen MR) is 145 cm³/mol. The highest BCUT2D eigenvalue weighted by Gasteiger charge is 2.58. The van der Waals surface area contributed by atoms with E-state index in [4.69, 9.17) is 13.9 Å². The summed E-state index contributed by atoms with van der Waals surface area (Å²) in [4.78, 5) is 40.9. The number of benzene rings is 2.